The number of carbonyl (C=O) groups is 2. The Bertz CT molecular complexity index is 494. The monoisotopic (exact) mass is 305 g/mol. The molecule has 0 radical (unpaired) electrons. The van der Waals surface area contributed by atoms with Crippen LogP contribution < -0.4 is 0 Å². The van der Waals surface area contributed by atoms with Crippen LogP contribution >= 0.6 is 0 Å². The lowest BCUT2D eigenvalue weighted by Crippen LogP contribution is -2.29. The molecular weight excluding hydrogens is 278 g/mol. The highest BCUT2D eigenvalue weighted by Crippen LogP contribution is 2.22. The summed E-state index contributed by atoms with van der Waals surface area (Å²) in [6, 6.07) is 8.44. The molecule has 4 nitrogen and oxygen atoms in total. The van der Waals surface area contributed by atoms with Gasteiger partial charge in [-0.15, -0.1) is 0 Å². The first kappa shape index (κ1) is 18.2. The molecule has 0 saturated heterocycles. The molecule has 1 rings (SSSR count). The fourth-order valence-electron chi connectivity index (χ4n) is 2.34. The van der Waals surface area contributed by atoms with Crippen molar-refractivity contribution < 1.29 is 14.7 Å². The number of carboxylic acid groups (broad SMARTS) is 1. The predicted molar refractivity (Wildman–Crippen MR) is 88.1 cm³/mol. The molecule has 1 aromatic carbocycles. The standard InChI is InChI=1S/C18H27NO3/c1-13(2)15-7-9-16(10-8-15)14(3)12-17(20)19(4)11-5-6-18(21)22/h7-10,13-14H,5-6,11-12H2,1-4H3,(H,21,22). The van der Waals surface area contributed by atoms with E-state index in [0.717, 1.165) is 5.56 Å². The molecule has 0 fully saturated rings. The average molecular weight is 305 g/mol. The van der Waals surface area contributed by atoms with Crippen LogP contribution in [0.15, 0.2) is 24.3 Å². The van der Waals surface area contributed by atoms with Gasteiger partial charge in [0.15, 0.2) is 0 Å². The summed E-state index contributed by atoms with van der Waals surface area (Å²) in [4.78, 5) is 24.3. The average Bonchev–Trinajstić information content (AvgIpc) is 2.46. The second-order valence-corrected chi connectivity index (χ2v) is 6.24. The quantitative estimate of drug-likeness (QED) is 0.798. The van der Waals surface area contributed by atoms with Crippen molar-refractivity contribution in [3.63, 3.8) is 0 Å². The van der Waals surface area contributed by atoms with Crippen molar-refractivity contribution in [1.82, 2.24) is 4.90 Å². The van der Waals surface area contributed by atoms with Gasteiger partial charge in [0.2, 0.25) is 5.91 Å². The zero-order valence-electron chi connectivity index (χ0n) is 14.0. The van der Waals surface area contributed by atoms with E-state index in [1.165, 1.54) is 5.56 Å². The molecule has 4 heteroatoms. The zero-order valence-corrected chi connectivity index (χ0v) is 14.0. The molecule has 0 bridgehead atoms. The SMILES string of the molecule is CC(C)c1ccc(C(C)CC(=O)N(C)CCCC(=O)O)cc1. The van der Waals surface area contributed by atoms with E-state index in [9.17, 15) is 9.59 Å². The number of hydrogen-bond acceptors (Lipinski definition) is 2. The van der Waals surface area contributed by atoms with E-state index < -0.39 is 5.97 Å². The number of aliphatic carboxylic acids is 1. The topological polar surface area (TPSA) is 57.6 Å². The number of amides is 1. The molecule has 1 N–H and O–H groups in total. The summed E-state index contributed by atoms with van der Waals surface area (Å²) in [5.41, 5.74) is 2.46. The van der Waals surface area contributed by atoms with Gasteiger partial charge in [-0.05, 0) is 29.4 Å². The molecule has 1 atom stereocenters. The minimum absolute atomic E-state index is 0.0609. The van der Waals surface area contributed by atoms with Crippen molar-refractivity contribution in [3.05, 3.63) is 35.4 Å². The van der Waals surface area contributed by atoms with Gasteiger partial charge in [0.05, 0.1) is 0 Å². The molecule has 0 spiro atoms. The van der Waals surface area contributed by atoms with Crippen LogP contribution in [0.25, 0.3) is 0 Å². The fraction of sp³-hybridized carbons (Fsp3) is 0.556. The Kier molecular flexibility index (Phi) is 7.09. The lowest BCUT2D eigenvalue weighted by molar-refractivity contribution is -0.138. The zero-order chi connectivity index (χ0) is 16.7. The summed E-state index contributed by atoms with van der Waals surface area (Å²) >= 11 is 0. The maximum absolute atomic E-state index is 12.2. The molecule has 122 valence electrons. The Hall–Kier alpha value is -1.84. The van der Waals surface area contributed by atoms with Gasteiger partial charge in [-0.1, -0.05) is 45.0 Å². The number of carboxylic acids is 1. The van der Waals surface area contributed by atoms with Crippen LogP contribution in [-0.4, -0.2) is 35.5 Å². The van der Waals surface area contributed by atoms with Crippen molar-refractivity contribution >= 4 is 11.9 Å². The number of carbonyl (C=O) groups excluding carboxylic acids is 1. The van der Waals surface area contributed by atoms with Crippen molar-refractivity contribution in [2.24, 2.45) is 0 Å². The highest BCUT2D eigenvalue weighted by atomic mass is 16.4. The molecule has 0 aliphatic carbocycles. The van der Waals surface area contributed by atoms with Crippen LogP contribution in [0, 0.1) is 0 Å². The van der Waals surface area contributed by atoms with Gasteiger partial charge in [-0.3, -0.25) is 9.59 Å². The molecule has 22 heavy (non-hydrogen) atoms. The van der Waals surface area contributed by atoms with E-state index in [2.05, 4.69) is 38.1 Å². The minimum atomic E-state index is -0.820. The summed E-state index contributed by atoms with van der Waals surface area (Å²) in [7, 11) is 1.73. The van der Waals surface area contributed by atoms with E-state index in [1.54, 1.807) is 11.9 Å². The van der Waals surface area contributed by atoms with Gasteiger partial charge in [0.1, 0.15) is 0 Å². The van der Waals surface area contributed by atoms with Gasteiger partial charge in [-0.2, -0.15) is 0 Å². The summed E-state index contributed by atoms with van der Waals surface area (Å²) in [5.74, 6) is -0.0905. The molecule has 0 aliphatic rings. The smallest absolute Gasteiger partial charge is 0.303 e. The number of benzene rings is 1. The first-order valence-electron chi connectivity index (χ1n) is 7.87. The second kappa shape index (κ2) is 8.57. The Labute approximate surface area is 133 Å². The Morgan fingerprint density at radius 2 is 1.64 bits per heavy atom. The molecule has 1 amide bonds. The van der Waals surface area contributed by atoms with Crippen LogP contribution in [-0.2, 0) is 9.59 Å². The van der Waals surface area contributed by atoms with E-state index in [-0.39, 0.29) is 18.2 Å². The first-order chi connectivity index (χ1) is 10.3. The van der Waals surface area contributed by atoms with Crippen molar-refractivity contribution in [1.29, 1.82) is 0 Å². The second-order valence-electron chi connectivity index (χ2n) is 6.24. The Balaban J connectivity index is 2.50. The summed E-state index contributed by atoms with van der Waals surface area (Å²) in [6.07, 6.45) is 1.05. The number of rotatable bonds is 8. The van der Waals surface area contributed by atoms with Crippen LogP contribution in [0.3, 0.4) is 0 Å². The molecule has 0 aromatic heterocycles. The largest absolute Gasteiger partial charge is 0.481 e. The molecule has 0 aliphatic heterocycles. The van der Waals surface area contributed by atoms with Crippen molar-refractivity contribution in [2.45, 2.75) is 51.9 Å². The van der Waals surface area contributed by atoms with Crippen LogP contribution in [0.5, 0.6) is 0 Å². The molecular formula is C18H27NO3. The summed E-state index contributed by atoms with van der Waals surface area (Å²) in [5, 5.41) is 8.62. The van der Waals surface area contributed by atoms with Crippen LogP contribution in [0.4, 0.5) is 0 Å². The van der Waals surface area contributed by atoms with Gasteiger partial charge < -0.3 is 10.0 Å². The third kappa shape index (κ3) is 5.88. The van der Waals surface area contributed by atoms with Gasteiger partial charge in [0, 0.05) is 26.4 Å². The maximum Gasteiger partial charge on any atom is 0.303 e. The molecule has 1 unspecified atom stereocenters. The lowest BCUT2D eigenvalue weighted by atomic mass is 9.94. The third-order valence-corrected chi connectivity index (χ3v) is 3.96. The van der Waals surface area contributed by atoms with Crippen LogP contribution in [0.1, 0.15) is 63.0 Å². The number of hydrogen-bond donors (Lipinski definition) is 1. The van der Waals surface area contributed by atoms with Gasteiger partial charge in [-0.25, -0.2) is 0 Å². The highest BCUT2D eigenvalue weighted by Gasteiger charge is 2.15. The molecule has 0 saturated carbocycles. The van der Waals surface area contributed by atoms with Gasteiger partial charge >= 0.3 is 5.97 Å². The lowest BCUT2D eigenvalue weighted by Gasteiger charge is -2.20. The Morgan fingerprint density at radius 1 is 1.09 bits per heavy atom. The van der Waals surface area contributed by atoms with E-state index >= 15 is 0 Å². The highest BCUT2D eigenvalue weighted by molar-refractivity contribution is 5.76. The molecule has 0 heterocycles. The fourth-order valence-corrected chi connectivity index (χ4v) is 2.34. The van der Waals surface area contributed by atoms with E-state index in [1.807, 2.05) is 6.92 Å². The summed E-state index contributed by atoms with van der Waals surface area (Å²) in [6.45, 7) is 6.86. The van der Waals surface area contributed by atoms with Crippen LogP contribution in [0.2, 0.25) is 0 Å². The predicted octanol–water partition coefficient (Wildman–Crippen LogP) is 3.63. The normalized spacial score (nSPS) is 12.2. The first-order valence-corrected chi connectivity index (χ1v) is 7.87. The van der Waals surface area contributed by atoms with Crippen molar-refractivity contribution in [2.75, 3.05) is 13.6 Å². The van der Waals surface area contributed by atoms with E-state index in [0.29, 0.717) is 25.3 Å². The number of nitrogens with zero attached hydrogens (tertiary/aromatic N) is 1. The van der Waals surface area contributed by atoms with Gasteiger partial charge in [0.25, 0.3) is 0 Å². The Morgan fingerprint density at radius 3 is 2.14 bits per heavy atom. The van der Waals surface area contributed by atoms with E-state index in [4.69, 9.17) is 5.11 Å². The summed E-state index contributed by atoms with van der Waals surface area (Å²) < 4.78 is 0. The van der Waals surface area contributed by atoms with Crippen molar-refractivity contribution in [3.8, 4) is 0 Å². The maximum atomic E-state index is 12.2. The third-order valence-electron chi connectivity index (χ3n) is 3.96. The molecule has 1 aromatic rings. The minimum Gasteiger partial charge on any atom is -0.481 e.